The molecule has 0 aliphatic heterocycles. The van der Waals surface area contributed by atoms with Gasteiger partial charge in [0.15, 0.2) is 0 Å². The number of imidazole rings is 1. The van der Waals surface area contributed by atoms with Crippen LogP contribution in [-0.4, -0.2) is 16.1 Å². The molecule has 1 aromatic heterocycles. The highest BCUT2D eigenvalue weighted by Crippen LogP contribution is 2.37. The van der Waals surface area contributed by atoms with Gasteiger partial charge in [-0.2, -0.15) is 0 Å². The molecule has 19 heavy (non-hydrogen) atoms. The predicted octanol–water partition coefficient (Wildman–Crippen LogP) is 3.11. The third kappa shape index (κ3) is 2.43. The molecule has 0 spiro atoms. The summed E-state index contributed by atoms with van der Waals surface area (Å²) in [6.07, 6.45) is 9.39. The maximum atomic E-state index is 4.20. The number of rotatable bonds is 4. The summed E-state index contributed by atoms with van der Waals surface area (Å²) in [7, 11) is 0. The van der Waals surface area contributed by atoms with E-state index in [0.29, 0.717) is 12.1 Å². The second kappa shape index (κ2) is 5.57. The van der Waals surface area contributed by atoms with Crippen LogP contribution in [0.2, 0.25) is 0 Å². The number of benzene rings is 1. The molecule has 3 heteroatoms. The minimum atomic E-state index is 0.402. The van der Waals surface area contributed by atoms with Crippen LogP contribution in [0.15, 0.2) is 43.0 Å². The van der Waals surface area contributed by atoms with Crippen molar-refractivity contribution in [2.45, 2.75) is 38.3 Å². The average molecular weight is 255 g/mol. The maximum absolute atomic E-state index is 4.20. The topological polar surface area (TPSA) is 29.9 Å². The number of fused-ring (bicyclic) bond motifs is 1. The third-order valence-corrected chi connectivity index (χ3v) is 4.01. The summed E-state index contributed by atoms with van der Waals surface area (Å²) in [5, 5.41) is 3.72. The molecule has 1 N–H and O–H groups in total. The Morgan fingerprint density at radius 2 is 2.26 bits per heavy atom. The number of hydrogen-bond acceptors (Lipinski definition) is 2. The first kappa shape index (κ1) is 12.4. The molecule has 0 fully saturated rings. The third-order valence-electron chi connectivity index (χ3n) is 4.01. The fraction of sp³-hybridized carbons (Fsp3) is 0.438. The SMILES string of the molecule is CCCNC1c2ccccc2CCC1n1ccnc1. The van der Waals surface area contributed by atoms with Crippen LogP contribution in [-0.2, 0) is 6.42 Å². The van der Waals surface area contributed by atoms with Gasteiger partial charge in [-0.15, -0.1) is 0 Å². The molecular formula is C16H21N3. The van der Waals surface area contributed by atoms with Gasteiger partial charge in [0.25, 0.3) is 0 Å². The van der Waals surface area contributed by atoms with Crippen molar-refractivity contribution in [2.24, 2.45) is 0 Å². The molecule has 2 atom stereocenters. The van der Waals surface area contributed by atoms with Gasteiger partial charge in [-0.05, 0) is 36.9 Å². The number of hydrogen-bond donors (Lipinski definition) is 1. The zero-order valence-corrected chi connectivity index (χ0v) is 11.4. The van der Waals surface area contributed by atoms with Crippen LogP contribution in [0.5, 0.6) is 0 Å². The number of aromatic nitrogens is 2. The monoisotopic (exact) mass is 255 g/mol. The van der Waals surface area contributed by atoms with Crippen molar-refractivity contribution in [3.63, 3.8) is 0 Å². The van der Waals surface area contributed by atoms with Crippen molar-refractivity contribution < 1.29 is 0 Å². The Bertz CT molecular complexity index is 519. The van der Waals surface area contributed by atoms with Gasteiger partial charge >= 0.3 is 0 Å². The van der Waals surface area contributed by atoms with E-state index in [9.17, 15) is 0 Å². The highest BCUT2D eigenvalue weighted by Gasteiger charge is 2.29. The zero-order valence-electron chi connectivity index (χ0n) is 11.4. The maximum Gasteiger partial charge on any atom is 0.0949 e. The molecule has 3 nitrogen and oxygen atoms in total. The van der Waals surface area contributed by atoms with E-state index in [1.54, 1.807) is 0 Å². The van der Waals surface area contributed by atoms with Crippen molar-refractivity contribution in [1.29, 1.82) is 0 Å². The lowest BCUT2D eigenvalue weighted by atomic mass is 9.84. The highest BCUT2D eigenvalue weighted by molar-refractivity contribution is 5.33. The largest absolute Gasteiger partial charge is 0.333 e. The molecule has 1 aliphatic rings. The lowest BCUT2D eigenvalue weighted by Crippen LogP contribution is -2.34. The molecule has 2 aromatic rings. The Balaban J connectivity index is 1.93. The first-order valence-electron chi connectivity index (χ1n) is 7.18. The lowest BCUT2D eigenvalue weighted by Gasteiger charge is -2.35. The number of nitrogens with zero attached hydrogens (tertiary/aromatic N) is 2. The van der Waals surface area contributed by atoms with Gasteiger partial charge in [0.2, 0.25) is 0 Å². The normalized spacial score (nSPS) is 22.2. The Labute approximate surface area is 114 Å². The van der Waals surface area contributed by atoms with Gasteiger partial charge in [0.05, 0.1) is 18.4 Å². The fourth-order valence-electron chi connectivity index (χ4n) is 3.08. The Morgan fingerprint density at radius 3 is 3.05 bits per heavy atom. The molecule has 1 aromatic carbocycles. The molecule has 0 amide bonds. The molecule has 2 unspecified atom stereocenters. The molecule has 1 heterocycles. The van der Waals surface area contributed by atoms with Crippen molar-refractivity contribution in [2.75, 3.05) is 6.54 Å². The van der Waals surface area contributed by atoms with E-state index in [1.807, 2.05) is 12.5 Å². The van der Waals surface area contributed by atoms with E-state index in [-0.39, 0.29) is 0 Å². The second-order valence-corrected chi connectivity index (χ2v) is 5.25. The van der Waals surface area contributed by atoms with Gasteiger partial charge in [-0.3, -0.25) is 0 Å². The van der Waals surface area contributed by atoms with Crippen LogP contribution >= 0.6 is 0 Å². The van der Waals surface area contributed by atoms with E-state index in [2.05, 4.69) is 52.3 Å². The van der Waals surface area contributed by atoms with Crippen molar-refractivity contribution in [1.82, 2.24) is 14.9 Å². The summed E-state index contributed by atoms with van der Waals surface area (Å²) < 4.78 is 2.25. The van der Waals surface area contributed by atoms with Crippen LogP contribution in [0.1, 0.15) is 43.0 Å². The molecule has 1 aliphatic carbocycles. The standard InChI is InChI=1S/C16H21N3/c1-2-9-18-16-14-6-4-3-5-13(14)7-8-15(16)19-11-10-17-12-19/h3-6,10-12,15-16,18H,2,7-9H2,1H3. The molecule has 0 saturated carbocycles. The zero-order chi connectivity index (χ0) is 13.1. The van der Waals surface area contributed by atoms with Crippen LogP contribution in [0, 0.1) is 0 Å². The van der Waals surface area contributed by atoms with Crippen LogP contribution in [0.4, 0.5) is 0 Å². The summed E-state index contributed by atoms with van der Waals surface area (Å²) in [5.74, 6) is 0. The molecule has 3 rings (SSSR count). The van der Waals surface area contributed by atoms with Gasteiger partial charge in [-0.1, -0.05) is 31.2 Å². The van der Waals surface area contributed by atoms with Gasteiger partial charge in [0, 0.05) is 12.4 Å². The molecule has 100 valence electrons. The summed E-state index contributed by atoms with van der Waals surface area (Å²) >= 11 is 0. The molecule has 0 radical (unpaired) electrons. The van der Waals surface area contributed by atoms with E-state index >= 15 is 0 Å². The van der Waals surface area contributed by atoms with Gasteiger partial charge < -0.3 is 9.88 Å². The van der Waals surface area contributed by atoms with Crippen molar-refractivity contribution in [3.05, 3.63) is 54.1 Å². The molecule has 0 bridgehead atoms. The summed E-state index contributed by atoms with van der Waals surface area (Å²) in [6, 6.07) is 9.71. The molecule has 0 saturated heterocycles. The quantitative estimate of drug-likeness (QED) is 0.909. The van der Waals surface area contributed by atoms with Gasteiger partial charge in [-0.25, -0.2) is 4.98 Å². The first-order chi connectivity index (χ1) is 9.40. The number of aryl methyl sites for hydroxylation is 1. The van der Waals surface area contributed by atoms with Crippen LogP contribution in [0.3, 0.4) is 0 Å². The van der Waals surface area contributed by atoms with Gasteiger partial charge in [0.1, 0.15) is 0 Å². The van der Waals surface area contributed by atoms with E-state index in [1.165, 1.54) is 17.5 Å². The van der Waals surface area contributed by atoms with E-state index in [0.717, 1.165) is 19.4 Å². The first-order valence-corrected chi connectivity index (χ1v) is 7.18. The van der Waals surface area contributed by atoms with E-state index < -0.39 is 0 Å². The van der Waals surface area contributed by atoms with Crippen LogP contribution < -0.4 is 5.32 Å². The summed E-state index contributed by atoms with van der Waals surface area (Å²) in [4.78, 5) is 4.20. The summed E-state index contributed by atoms with van der Waals surface area (Å²) in [6.45, 7) is 3.28. The lowest BCUT2D eigenvalue weighted by molar-refractivity contribution is 0.318. The predicted molar refractivity (Wildman–Crippen MR) is 77.1 cm³/mol. The minimum Gasteiger partial charge on any atom is -0.333 e. The Kier molecular flexibility index (Phi) is 3.65. The fourth-order valence-corrected chi connectivity index (χ4v) is 3.08. The van der Waals surface area contributed by atoms with E-state index in [4.69, 9.17) is 0 Å². The van der Waals surface area contributed by atoms with Crippen molar-refractivity contribution in [3.8, 4) is 0 Å². The summed E-state index contributed by atoms with van der Waals surface area (Å²) in [5.41, 5.74) is 2.95. The minimum absolute atomic E-state index is 0.402. The van der Waals surface area contributed by atoms with Crippen molar-refractivity contribution >= 4 is 0 Å². The smallest absolute Gasteiger partial charge is 0.0949 e. The molecular weight excluding hydrogens is 234 g/mol. The Morgan fingerprint density at radius 1 is 1.37 bits per heavy atom. The Hall–Kier alpha value is -1.61. The van der Waals surface area contributed by atoms with Crippen LogP contribution in [0.25, 0.3) is 0 Å². The highest BCUT2D eigenvalue weighted by atomic mass is 15.1. The average Bonchev–Trinajstić information content (AvgIpc) is 2.98. The number of nitrogens with one attached hydrogen (secondary N) is 1. The second-order valence-electron chi connectivity index (χ2n) is 5.25.